The van der Waals surface area contributed by atoms with Crippen molar-refractivity contribution in [1.82, 2.24) is 0 Å². The first-order valence-electron chi connectivity index (χ1n) is 11.9. The van der Waals surface area contributed by atoms with Gasteiger partial charge in [-0.3, -0.25) is 0 Å². The van der Waals surface area contributed by atoms with Crippen molar-refractivity contribution in [3.05, 3.63) is 0 Å². The molecule has 0 aromatic carbocycles. The molecule has 2 N–H and O–H groups in total. The van der Waals surface area contributed by atoms with E-state index in [1.807, 2.05) is 0 Å². The molecule has 0 fully saturated rings. The molecule has 0 aliphatic rings. The minimum absolute atomic E-state index is 0. The van der Waals surface area contributed by atoms with Crippen LogP contribution in [0.2, 0.25) is 0 Å². The lowest BCUT2D eigenvalue weighted by molar-refractivity contribution is 0.225. The van der Waals surface area contributed by atoms with E-state index in [4.69, 9.17) is 5.73 Å². The van der Waals surface area contributed by atoms with Gasteiger partial charge in [0.1, 0.15) is 0 Å². The molecule has 0 saturated carbocycles. The quantitative estimate of drug-likeness (QED) is 0.219. The van der Waals surface area contributed by atoms with Crippen LogP contribution in [0.1, 0.15) is 143 Å². The molecule has 0 aliphatic heterocycles. The van der Waals surface area contributed by atoms with Crippen LogP contribution < -0.4 is 5.73 Å². The summed E-state index contributed by atoms with van der Waals surface area (Å²) in [6.07, 6.45) is 25.0. The van der Waals surface area contributed by atoms with Gasteiger partial charge in [-0.2, -0.15) is 0 Å². The molecule has 0 aliphatic carbocycles. The van der Waals surface area contributed by atoms with E-state index in [0.29, 0.717) is 0 Å². The summed E-state index contributed by atoms with van der Waals surface area (Å²) in [5, 5.41) is 0. The number of nitrogens with two attached hydrogens (primary N) is 1. The Kier molecular flexibility index (Phi) is 21.9. The van der Waals surface area contributed by atoms with E-state index in [1.54, 1.807) is 0 Å². The van der Waals surface area contributed by atoms with Crippen LogP contribution in [0.5, 0.6) is 0 Å². The summed E-state index contributed by atoms with van der Waals surface area (Å²) in [5.41, 5.74) is 6.69. The third-order valence-corrected chi connectivity index (χ3v) is 6.53. The molecule has 0 bridgehead atoms. The summed E-state index contributed by atoms with van der Waals surface area (Å²) < 4.78 is 0. The van der Waals surface area contributed by atoms with Gasteiger partial charge in [-0.05, 0) is 25.2 Å². The van der Waals surface area contributed by atoms with E-state index in [2.05, 4.69) is 27.7 Å². The summed E-state index contributed by atoms with van der Waals surface area (Å²) in [7, 11) is 0. The largest absolute Gasteiger partial charge is 0.325 e. The SMILES string of the molecule is CCCCCCCCCCCCCCCCC(CC)C(N)(CC)CC.Cl. The number of hydrogen-bond acceptors (Lipinski definition) is 1. The molecule has 0 aromatic heterocycles. The monoisotopic (exact) mass is 389 g/mol. The number of unbranched alkanes of at least 4 members (excludes halogenated alkanes) is 13. The van der Waals surface area contributed by atoms with Gasteiger partial charge in [0.05, 0.1) is 0 Å². The molecule has 26 heavy (non-hydrogen) atoms. The predicted molar refractivity (Wildman–Crippen MR) is 123 cm³/mol. The summed E-state index contributed by atoms with van der Waals surface area (Å²) in [6, 6.07) is 0. The van der Waals surface area contributed by atoms with Crippen molar-refractivity contribution in [2.24, 2.45) is 11.7 Å². The van der Waals surface area contributed by atoms with Crippen LogP contribution in [-0.4, -0.2) is 5.54 Å². The minimum atomic E-state index is 0. The Labute approximate surface area is 173 Å². The van der Waals surface area contributed by atoms with E-state index in [1.165, 1.54) is 103 Å². The van der Waals surface area contributed by atoms with E-state index < -0.39 is 0 Å². The Morgan fingerprint density at radius 3 is 1.23 bits per heavy atom. The second-order valence-electron chi connectivity index (χ2n) is 8.43. The predicted octanol–water partition coefficient (Wildman–Crippen LogP) is 8.82. The average molecular weight is 390 g/mol. The van der Waals surface area contributed by atoms with Gasteiger partial charge in [-0.15, -0.1) is 12.4 Å². The molecule has 0 amide bonds. The van der Waals surface area contributed by atoms with Crippen LogP contribution in [-0.2, 0) is 0 Å². The molecule has 1 nitrogen and oxygen atoms in total. The molecule has 160 valence electrons. The minimum Gasteiger partial charge on any atom is -0.325 e. The second kappa shape index (κ2) is 20.0. The van der Waals surface area contributed by atoms with Gasteiger partial charge in [-0.25, -0.2) is 0 Å². The Balaban J connectivity index is 0. The smallest absolute Gasteiger partial charge is 0.0177 e. The Morgan fingerprint density at radius 1 is 0.577 bits per heavy atom. The van der Waals surface area contributed by atoms with E-state index >= 15 is 0 Å². The maximum Gasteiger partial charge on any atom is 0.0177 e. The molecular weight excluding hydrogens is 338 g/mol. The van der Waals surface area contributed by atoms with Crippen LogP contribution in [0.4, 0.5) is 0 Å². The van der Waals surface area contributed by atoms with Gasteiger partial charge < -0.3 is 5.73 Å². The van der Waals surface area contributed by atoms with E-state index in [9.17, 15) is 0 Å². The molecule has 0 spiro atoms. The fourth-order valence-corrected chi connectivity index (χ4v) is 4.31. The van der Waals surface area contributed by atoms with Crippen LogP contribution in [0.3, 0.4) is 0 Å². The zero-order valence-corrected chi connectivity index (χ0v) is 19.6. The van der Waals surface area contributed by atoms with Crippen molar-refractivity contribution >= 4 is 12.4 Å². The number of halogens is 1. The molecule has 0 aromatic rings. The average Bonchev–Trinajstić information content (AvgIpc) is 2.64. The maximum absolute atomic E-state index is 6.61. The van der Waals surface area contributed by atoms with Crippen LogP contribution in [0, 0.1) is 5.92 Å². The van der Waals surface area contributed by atoms with Gasteiger partial charge in [0.15, 0.2) is 0 Å². The molecule has 0 saturated heterocycles. The topological polar surface area (TPSA) is 26.0 Å². The molecular formula is C24H52ClN. The van der Waals surface area contributed by atoms with Crippen molar-refractivity contribution in [3.63, 3.8) is 0 Å². The third kappa shape index (κ3) is 14.3. The first-order valence-corrected chi connectivity index (χ1v) is 11.9. The van der Waals surface area contributed by atoms with Gasteiger partial charge in [0.2, 0.25) is 0 Å². The Hall–Kier alpha value is 0.250. The lowest BCUT2D eigenvalue weighted by atomic mass is 9.76. The van der Waals surface area contributed by atoms with Crippen molar-refractivity contribution in [3.8, 4) is 0 Å². The summed E-state index contributed by atoms with van der Waals surface area (Å²) >= 11 is 0. The molecule has 2 heteroatoms. The third-order valence-electron chi connectivity index (χ3n) is 6.53. The van der Waals surface area contributed by atoms with Crippen LogP contribution in [0.15, 0.2) is 0 Å². The van der Waals surface area contributed by atoms with Crippen molar-refractivity contribution in [2.75, 3.05) is 0 Å². The zero-order valence-electron chi connectivity index (χ0n) is 18.8. The highest BCUT2D eigenvalue weighted by molar-refractivity contribution is 5.85. The number of hydrogen-bond donors (Lipinski definition) is 1. The molecule has 1 atom stereocenters. The highest BCUT2D eigenvalue weighted by Gasteiger charge is 2.29. The van der Waals surface area contributed by atoms with Gasteiger partial charge in [0, 0.05) is 5.54 Å². The van der Waals surface area contributed by atoms with Gasteiger partial charge in [0.25, 0.3) is 0 Å². The summed E-state index contributed by atoms with van der Waals surface area (Å²) in [6.45, 7) is 9.14. The summed E-state index contributed by atoms with van der Waals surface area (Å²) in [5.74, 6) is 0.722. The summed E-state index contributed by atoms with van der Waals surface area (Å²) in [4.78, 5) is 0. The first-order chi connectivity index (χ1) is 12.1. The second-order valence-corrected chi connectivity index (χ2v) is 8.43. The zero-order chi connectivity index (χ0) is 18.8. The van der Waals surface area contributed by atoms with Crippen molar-refractivity contribution < 1.29 is 0 Å². The molecule has 0 rings (SSSR count). The fraction of sp³-hybridized carbons (Fsp3) is 1.00. The maximum atomic E-state index is 6.61. The first kappa shape index (κ1) is 28.5. The van der Waals surface area contributed by atoms with Crippen LogP contribution in [0.25, 0.3) is 0 Å². The lowest BCUT2D eigenvalue weighted by Gasteiger charge is -2.36. The Morgan fingerprint density at radius 2 is 0.923 bits per heavy atom. The Bertz CT molecular complexity index is 263. The standard InChI is InChI=1S/C24H51N.ClH/c1-5-9-10-11-12-13-14-15-16-17-18-19-20-21-22-23(6-2)24(25,7-3)8-4;/h23H,5-22,25H2,1-4H3;1H. The highest BCUT2D eigenvalue weighted by Crippen LogP contribution is 2.30. The molecule has 0 radical (unpaired) electrons. The molecule has 1 unspecified atom stereocenters. The highest BCUT2D eigenvalue weighted by atomic mass is 35.5. The molecule has 0 heterocycles. The van der Waals surface area contributed by atoms with Crippen molar-refractivity contribution in [2.45, 2.75) is 149 Å². The normalized spacial score (nSPS) is 12.8. The van der Waals surface area contributed by atoms with Crippen molar-refractivity contribution in [1.29, 1.82) is 0 Å². The lowest BCUT2D eigenvalue weighted by Crippen LogP contribution is -2.45. The van der Waals surface area contributed by atoms with E-state index in [-0.39, 0.29) is 17.9 Å². The van der Waals surface area contributed by atoms with Gasteiger partial charge in [-0.1, -0.05) is 124 Å². The fourth-order valence-electron chi connectivity index (χ4n) is 4.31. The van der Waals surface area contributed by atoms with Crippen LogP contribution >= 0.6 is 12.4 Å². The van der Waals surface area contributed by atoms with Gasteiger partial charge >= 0.3 is 0 Å². The van der Waals surface area contributed by atoms with E-state index in [0.717, 1.165) is 18.8 Å². The number of rotatable bonds is 19.